The molecular formula is C8H12N2O4S. The van der Waals surface area contributed by atoms with E-state index in [2.05, 4.69) is 0 Å². The van der Waals surface area contributed by atoms with Crippen molar-refractivity contribution < 1.29 is 19.5 Å². The topological polar surface area (TPSA) is 77.9 Å². The molecule has 0 aromatic rings. The lowest BCUT2D eigenvalue weighted by atomic mass is 10.4. The van der Waals surface area contributed by atoms with E-state index in [4.69, 9.17) is 5.11 Å². The largest absolute Gasteiger partial charge is 0.480 e. The SMILES string of the molecule is CN(CC(=O)O)C(=O)CN1CCSC1=O. The van der Waals surface area contributed by atoms with E-state index in [1.807, 2.05) is 0 Å². The van der Waals surface area contributed by atoms with Gasteiger partial charge in [0, 0.05) is 19.3 Å². The van der Waals surface area contributed by atoms with Gasteiger partial charge < -0.3 is 14.9 Å². The monoisotopic (exact) mass is 232 g/mol. The van der Waals surface area contributed by atoms with Gasteiger partial charge in [0.2, 0.25) is 5.91 Å². The lowest BCUT2D eigenvalue weighted by Crippen LogP contribution is -2.40. The highest BCUT2D eigenvalue weighted by atomic mass is 32.2. The predicted molar refractivity (Wildman–Crippen MR) is 54.7 cm³/mol. The number of thioether (sulfide) groups is 1. The summed E-state index contributed by atoms with van der Waals surface area (Å²) in [5, 5.41) is 8.35. The predicted octanol–water partition coefficient (Wildman–Crippen LogP) is -0.302. The lowest BCUT2D eigenvalue weighted by molar-refractivity contribution is -0.143. The van der Waals surface area contributed by atoms with Crippen LogP contribution in [0.25, 0.3) is 0 Å². The number of nitrogens with zero attached hydrogens (tertiary/aromatic N) is 2. The van der Waals surface area contributed by atoms with E-state index in [-0.39, 0.29) is 24.2 Å². The number of hydrogen-bond donors (Lipinski definition) is 1. The van der Waals surface area contributed by atoms with Crippen LogP contribution in [-0.4, -0.2) is 64.5 Å². The zero-order valence-corrected chi connectivity index (χ0v) is 9.12. The van der Waals surface area contributed by atoms with Crippen LogP contribution in [0.5, 0.6) is 0 Å². The highest BCUT2D eigenvalue weighted by molar-refractivity contribution is 8.13. The van der Waals surface area contributed by atoms with Crippen molar-refractivity contribution in [3.8, 4) is 0 Å². The number of likely N-dealkylation sites (N-methyl/N-ethyl adjacent to an activating group) is 1. The molecule has 0 bridgehead atoms. The van der Waals surface area contributed by atoms with Crippen LogP contribution in [0.15, 0.2) is 0 Å². The van der Waals surface area contributed by atoms with Gasteiger partial charge in [0.05, 0.1) is 0 Å². The highest BCUT2D eigenvalue weighted by Gasteiger charge is 2.24. The first-order valence-corrected chi connectivity index (χ1v) is 5.36. The van der Waals surface area contributed by atoms with Crippen LogP contribution in [-0.2, 0) is 9.59 Å². The molecule has 15 heavy (non-hydrogen) atoms. The van der Waals surface area contributed by atoms with Crippen LogP contribution in [0.2, 0.25) is 0 Å². The van der Waals surface area contributed by atoms with Gasteiger partial charge in [-0.1, -0.05) is 11.8 Å². The van der Waals surface area contributed by atoms with Gasteiger partial charge in [-0.05, 0) is 0 Å². The third-order valence-electron chi connectivity index (χ3n) is 1.97. The van der Waals surface area contributed by atoms with Crippen molar-refractivity contribution in [3.05, 3.63) is 0 Å². The van der Waals surface area contributed by atoms with E-state index < -0.39 is 5.97 Å². The number of carbonyl (C=O) groups is 3. The summed E-state index contributed by atoms with van der Waals surface area (Å²) < 4.78 is 0. The zero-order chi connectivity index (χ0) is 11.4. The second-order valence-electron chi connectivity index (χ2n) is 3.18. The van der Waals surface area contributed by atoms with Gasteiger partial charge in [-0.15, -0.1) is 0 Å². The van der Waals surface area contributed by atoms with E-state index >= 15 is 0 Å². The van der Waals surface area contributed by atoms with Crippen molar-refractivity contribution in [2.75, 3.05) is 32.4 Å². The number of aliphatic carboxylic acids is 1. The van der Waals surface area contributed by atoms with E-state index in [1.165, 1.54) is 23.7 Å². The molecule has 1 aliphatic rings. The average molecular weight is 232 g/mol. The molecule has 0 aromatic heterocycles. The first-order valence-electron chi connectivity index (χ1n) is 4.38. The molecule has 2 amide bonds. The van der Waals surface area contributed by atoms with Crippen LogP contribution < -0.4 is 0 Å². The summed E-state index contributed by atoms with van der Waals surface area (Å²) in [5.74, 6) is -0.726. The van der Waals surface area contributed by atoms with Crippen LogP contribution in [0.3, 0.4) is 0 Å². The summed E-state index contributed by atoms with van der Waals surface area (Å²) in [4.78, 5) is 35.5. The van der Waals surface area contributed by atoms with Crippen molar-refractivity contribution in [2.45, 2.75) is 0 Å². The molecule has 0 unspecified atom stereocenters. The van der Waals surface area contributed by atoms with Crippen LogP contribution in [0, 0.1) is 0 Å². The molecule has 0 saturated carbocycles. The lowest BCUT2D eigenvalue weighted by Gasteiger charge is -2.19. The van der Waals surface area contributed by atoms with Crippen LogP contribution >= 0.6 is 11.8 Å². The number of carboxylic acid groups (broad SMARTS) is 1. The first-order chi connectivity index (χ1) is 7.00. The second kappa shape index (κ2) is 5.01. The van der Waals surface area contributed by atoms with E-state index in [0.717, 1.165) is 4.90 Å². The quantitative estimate of drug-likeness (QED) is 0.720. The van der Waals surface area contributed by atoms with Crippen molar-refractivity contribution in [1.82, 2.24) is 9.80 Å². The van der Waals surface area contributed by atoms with Crippen molar-refractivity contribution in [2.24, 2.45) is 0 Å². The molecule has 1 fully saturated rings. The molecule has 1 aliphatic heterocycles. The van der Waals surface area contributed by atoms with Gasteiger partial charge in [-0.25, -0.2) is 0 Å². The number of carbonyl (C=O) groups excluding carboxylic acids is 2. The Labute approximate surface area is 91.2 Å². The van der Waals surface area contributed by atoms with Crippen LogP contribution in [0.1, 0.15) is 0 Å². The molecule has 0 aromatic carbocycles. The minimum Gasteiger partial charge on any atom is -0.480 e. The summed E-state index contributed by atoms with van der Waals surface area (Å²) in [6, 6.07) is 0. The Kier molecular flexibility index (Phi) is 3.96. The fourth-order valence-electron chi connectivity index (χ4n) is 1.14. The molecule has 1 heterocycles. The molecule has 1 rings (SSSR count). The molecule has 0 aliphatic carbocycles. The van der Waals surface area contributed by atoms with Gasteiger partial charge in [0.15, 0.2) is 0 Å². The Balaban J connectivity index is 2.40. The minimum atomic E-state index is -1.06. The molecule has 6 nitrogen and oxygen atoms in total. The number of hydrogen-bond acceptors (Lipinski definition) is 4. The molecule has 0 spiro atoms. The second-order valence-corrected chi connectivity index (χ2v) is 4.23. The summed E-state index contributed by atoms with van der Waals surface area (Å²) in [5.41, 5.74) is 0. The maximum atomic E-state index is 11.4. The third kappa shape index (κ3) is 3.43. The van der Waals surface area contributed by atoms with Crippen LogP contribution in [0.4, 0.5) is 4.79 Å². The maximum absolute atomic E-state index is 11.4. The fourth-order valence-corrected chi connectivity index (χ4v) is 1.97. The van der Waals surface area contributed by atoms with Gasteiger partial charge in [0.25, 0.3) is 5.24 Å². The summed E-state index contributed by atoms with van der Waals surface area (Å²) >= 11 is 1.17. The van der Waals surface area contributed by atoms with Gasteiger partial charge >= 0.3 is 5.97 Å². The Morgan fingerprint density at radius 2 is 2.27 bits per heavy atom. The molecule has 84 valence electrons. The van der Waals surface area contributed by atoms with Crippen molar-refractivity contribution in [1.29, 1.82) is 0 Å². The van der Waals surface area contributed by atoms with E-state index in [0.29, 0.717) is 12.3 Å². The molecule has 1 saturated heterocycles. The first kappa shape index (κ1) is 11.8. The molecule has 1 N–H and O–H groups in total. The van der Waals surface area contributed by atoms with Crippen molar-refractivity contribution in [3.63, 3.8) is 0 Å². The summed E-state index contributed by atoms with van der Waals surface area (Å²) in [6.45, 7) is 0.180. The minimum absolute atomic E-state index is 0.0321. The number of rotatable bonds is 4. The maximum Gasteiger partial charge on any atom is 0.323 e. The molecule has 0 atom stereocenters. The fraction of sp³-hybridized carbons (Fsp3) is 0.625. The third-order valence-corrected chi connectivity index (χ3v) is 2.86. The molecular weight excluding hydrogens is 220 g/mol. The van der Waals surface area contributed by atoms with Gasteiger partial charge in [-0.2, -0.15) is 0 Å². The Bertz CT molecular complexity index is 294. The van der Waals surface area contributed by atoms with E-state index in [9.17, 15) is 14.4 Å². The number of amides is 2. The standard InChI is InChI=1S/C8H12N2O4S/c1-9(5-7(12)13)6(11)4-10-2-3-15-8(10)14/h2-5H2,1H3,(H,12,13). The zero-order valence-electron chi connectivity index (χ0n) is 8.30. The van der Waals surface area contributed by atoms with Gasteiger partial charge in [0.1, 0.15) is 13.1 Å². The van der Waals surface area contributed by atoms with E-state index in [1.54, 1.807) is 0 Å². The summed E-state index contributed by atoms with van der Waals surface area (Å²) in [7, 11) is 1.41. The Hall–Kier alpha value is -1.24. The smallest absolute Gasteiger partial charge is 0.323 e. The number of carboxylic acids is 1. The average Bonchev–Trinajstić information content (AvgIpc) is 2.50. The molecule has 0 radical (unpaired) electrons. The Morgan fingerprint density at radius 3 is 2.73 bits per heavy atom. The molecule has 7 heteroatoms. The summed E-state index contributed by atoms with van der Waals surface area (Å²) in [6.07, 6.45) is 0. The highest BCUT2D eigenvalue weighted by Crippen LogP contribution is 2.16. The van der Waals surface area contributed by atoms with Crippen molar-refractivity contribution >= 4 is 28.9 Å². The van der Waals surface area contributed by atoms with Gasteiger partial charge in [-0.3, -0.25) is 14.4 Å². The Morgan fingerprint density at radius 1 is 1.60 bits per heavy atom. The normalized spacial score (nSPS) is 15.5.